The van der Waals surface area contributed by atoms with Crippen LogP contribution in [0.15, 0.2) is 29.3 Å². The van der Waals surface area contributed by atoms with Gasteiger partial charge in [0, 0.05) is 17.7 Å². The van der Waals surface area contributed by atoms with Crippen molar-refractivity contribution in [2.24, 2.45) is 0 Å². The molecule has 2 heterocycles. The number of likely N-dealkylation sites (tertiary alicyclic amines) is 1. The molecular weight excluding hydrogens is 264 g/mol. The largest absolute Gasteiger partial charge is 0.303 e. The van der Waals surface area contributed by atoms with Crippen molar-refractivity contribution in [3.63, 3.8) is 0 Å². The van der Waals surface area contributed by atoms with Crippen LogP contribution in [-0.4, -0.2) is 35.3 Å². The van der Waals surface area contributed by atoms with Crippen LogP contribution in [0.2, 0.25) is 0 Å². The summed E-state index contributed by atoms with van der Waals surface area (Å²) in [6, 6.07) is 8.68. The Kier molecular flexibility index (Phi) is 4.27. The summed E-state index contributed by atoms with van der Waals surface area (Å²) in [6.45, 7) is 8.07. The van der Waals surface area contributed by atoms with Gasteiger partial charge in [0.25, 0.3) is 0 Å². The number of hydrogen-bond donors (Lipinski definition) is 0. The number of aromatic nitrogens is 1. The highest BCUT2D eigenvalue weighted by Crippen LogP contribution is 2.26. The highest BCUT2D eigenvalue weighted by atomic mass is 32.2. The van der Waals surface area contributed by atoms with Gasteiger partial charge in [0.15, 0.2) is 0 Å². The summed E-state index contributed by atoms with van der Waals surface area (Å²) in [7, 11) is 0. The van der Waals surface area contributed by atoms with Crippen molar-refractivity contribution in [3.8, 4) is 0 Å². The minimum atomic E-state index is 1.14. The molecule has 2 nitrogen and oxygen atoms in total. The quantitative estimate of drug-likeness (QED) is 0.789. The van der Waals surface area contributed by atoms with Gasteiger partial charge in [-0.15, -0.1) is 11.8 Å². The Bertz CT molecular complexity index is 603. The maximum Gasteiger partial charge on any atom is 0.0997 e. The van der Waals surface area contributed by atoms with Crippen LogP contribution >= 0.6 is 11.8 Å². The molecule has 0 aliphatic carbocycles. The summed E-state index contributed by atoms with van der Waals surface area (Å²) in [5.74, 6) is 1.14. The summed E-state index contributed by atoms with van der Waals surface area (Å²) in [5.41, 5.74) is 3.72. The second kappa shape index (κ2) is 6.15. The third-order valence-electron chi connectivity index (χ3n) is 4.04. The Morgan fingerprint density at radius 1 is 1.15 bits per heavy atom. The predicted molar refractivity (Wildman–Crippen MR) is 87.6 cm³/mol. The third-order valence-corrected chi connectivity index (χ3v) is 5.11. The number of thioether (sulfide) groups is 1. The lowest BCUT2D eigenvalue weighted by Crippen LogP contribution is -2.21. The van der Waals surface area contributed by atoms with Gasteiger partial charge in [-0.1, -0.05) is 18.2 Å². The van der Waals surface area contributed by atoms with Gasteiger partial charge in [0.2, 0.25) is 0 Å². The number of para-hydroxylation sites is 1. The van der Waals surface area contributed by atoms with Crippen LogP contribution in [0.4, 0.5) is 0 Å². The molecule has 1 aliphatic rings. The molecule has 0 bridgehead atoms. The van der Waals surface area contributed by atoms with E-state index >= 15 is 0 Å². The van der Waals surface area contributed by atoms with Gasteiger partial charge >= 0.3 is 0 Å². The number of fused-ring (bicyclic) bond motifs is 1. The van der Waals surface area contributed by atoms with E-state index in [1.807, 2.05) is 11.8 Å². The van der Waals surface area contributed by atoms with Gasteiger partial charge in [-0.3, -0.25) is 0 Å². The first-order valence-corrected chi connectivity index (χ1v) is 8.45. The average molecular weight is 286 g/mol. The predicted octanol–water partition coefficient (Wildman–Crippen LogP) is 4.04. The molecule has 1 fully saturated rings. The molecule has 1 saturated heterocycles. The second-order valence-electron chi connectivity index (χ2n) is 5.65. The molecule has 0 saturated carbocycles. The van der Waals surface area contributed by atoms with Crippen molar-refractivity contribution >= 4 is 22.7 Å². The van der Waals surface area contributed by atoms with Gasteiger partial charge in [0.05, 0.1) is 10.5 Å². The molecule has 2 aromatic rings. The number of pyridine rings is 1. The van der Waals surface area contributed by atoms with Crippen molar-refractivity contribution in [1.29, 1.82) is 0 Å². The molecule has 0 radical (unpaired) electrons. The lowest BCUT2D eigenvalue weighted by atomic mass is 10.1. The summed E-state index contributed by atoms with van der Waals surface area (Å²) in [6.07, 6.45) is 2.74. The van der Waals surface area contributed by atoms with E-state index in [1.54, 1.807) is 0 Å². The molecule has 0 atom stereocenters. The number of aryl methyl sites for hydroxylation is 2. The van der Waals surface area contributed by atoms with Crippen molar-refractivity contribution in [2.75, 3.05) is 25.4 Å². The van der Waals surface area contributed by atoms with Crippen LogP contribution in [0.5, 0.6) is 0 Å². The molecular formula is C17H22N2S. The SMILES string of the molecule is Cc1cc2cccc(C)c2nc1SCCN1CCCC1. The molecule has 0 amide bonds. The Morgan fingerprint density at radius 2 is 1.95 bits per heavy atom. The van der Waals surface area contributed by atoms with E-state index in [9.17, 15) is 0 Å². The Labute approximate surface area is 125 Å². The molecule has 20 heavy (non-hydrogen) atoms. The van der Waals surface area contributed by atoms with Crippen molar-refractivity contribution in [2.45, 2.75) is 31.7 Å². The smallest absolute Gasteiger partial charge is 0.0997 e. The normalized spacial score (nSPS) is 16.1. The number of rotatable bonds is 4. The Hall–Kier alpha value is -1.06. The van der Waals surface area contributed by atoms with Crippen LogP contribution in [-0.2, 0) is 0 Å². The maximum absolute atomic E-state index is 4.88. The van der Waals surface area contributed by atoms with Gasteiger partial charge < -0.3 is 4.90 Å². The molecule has 3 heteroatoms. The summed E-state index contributed by atoms with van der Waals surface area (Å²) >= 11 is 1.90. The number of benzene rings is 1. The molecule has 0 N–H and O–H groups in total. The van der Waals surface area contributed by atoms with Gasteiger partial charge in [0.1, 0.15) is 0 Å². The van der Waals surface area contributed by atoms with E-state index in [0.717, 1.165) is 11.3 Å². The molecule has 3 rings (SSSR count). The lowest BCUT2D eigenvalue weighted by molar-refractivity contribution is 0.362. The minimum absolute atomic E-state index is 1.14. The molecule has 1 aromatic carbocycles. The summed E-state index contributed by atoms with van der Waals surface area (Å²) in [4.78, 5) is 7.45. The summed E-state index contributed by atoms with van der Waals surface area (Å²) in [5, 5.41) is 2.46. The van der Waals surface area contributed by atoms with Gasteiger partial charge in [-0.2, -0.15) is 0 Å². The van der Waals surface area contributed by atoms with Crippen molar-refractivity contribution in [1.82, 2.24) is 9.88 Å². The Morgan fingerprint density at radius 3 is 2.75 bits per heavy atom. The van der Waals surface area contributed by atoms with Gasteiger partial charge in [-0.25, -0.2) is 4.98 Å². The monoisotopic (exact) mass is 286 g/mol. The molecule has 1 aromatic heterocycles. The van der Waals surface area contributed by atoms with E-state index in [2.05, 4.69) is 43.0 Å². The van der Waals surface area contributed by atoms with E-state index in [-0.39, 0.29) is 0 Å². The van der Waals surface area contributed by atoms with Crippen LogP contribution in [0.1, 0.15) is 24.0 Å². The lowest BCUT2D eigenvalue weighted by Gasteiger charge is -2.14. The van der Waals surface area contributed by atoms with E-state index in [1.165, 1.54) is 54.0 Å². The zero-order valence-electron chi connectivity index (χ0n) is 12.4. The van der Waals surface area contributed by atoms with Crippen molar-refractivity contribution in [3.05, 3.63) is 35.4 Å². The standard InChI is InChI=1S/C17H22N2S/c1-13-6-5-7-15-12-14(2)17(18-16(13)15)20-11-10-19-8-3-4-9-19/h5-7,12H,3-4,8-11H2,1-2H3. The first-order valence-electron chi connectivity index (χ1n) is 7.46. The minimum Gasteiger partial charge on any atom is -0.303 e. The van der Waals surface area contributed by atoms with Crippen molar-refractivity contribution < 1.29 is 0 Å². The van der Waals surface area contributed by atoms with Gasteiger partial charge in [-0.05, 0) is 57.0 Å². The van der Waals surface area contributed by atoms with Crippen LogP contribution < -0.4 is 0 Å². The number of nitrogens with zero attached hydrogens (tertiary/aromatic N) is 2. The average Bonchev–Trinajstić information content (AvgIpc) is 2.93. The second-order valence-corrected chi connectivity index (χ2v) is 6.74. The third kappa shape index (κ3) is 2.99. The molecule has 0 unspecified atom stereocenters. The molecule has 0 spiro atoms. The van der Waals surface area contributed by atoms with E-state index in [0.29, 0.717) is 0 Å². The topological polar surface area (TPSA) is 16.1 Å². The highest BCUT2D eigenvalue weighted by molar-refractivity contribution is 7.99. The first kappa shape index (κ1) is 13.9. The highest BCUT2D eigenvalue weighted by Gasteiger charge is 2.12. The van der Waals surface area contributed by atoms with E-state index < -0.39 is 0 Å². The molecule has 106 valence electrons. The number of hydrogen-bond acceptors (Lipinski definition) is 3. The maximum atomic E-state index is 4.88. The summed E-state index contributed by atoms with van der Waals surface area (Å²) < 4.78 is 0. The first-order chi connectivity index (χ1) is 9.74. The molecule has 1 aliphatic heterocycles. The zero-order chi connectivity index (χ0) is 13.9. The fourth-order valence-electron chi connectivity index (χ4n) is 2.86. The zero-order valence-corrected chi connectivity index (χ0v) is 13.2. The fourth-order valence-corrected chi connectivity index (χ4v) is 3.84. The van der Waals surface area contributed by atoms with Crippen LogP contribution in [0.25, 0.3) is 10.9 Å². The fraction of sp³-hybridized carbons (Fsp3) is 0.471. The Balaban J connectivity index is 1.73. The van der Waals surface area contributed by atoms with Crippen LogP contribution in [0.3, 0.4) is 0 Å². The van der Waals surface area contributed by atoms with Crippen LogP contribution in [0, 0.1) is 13.8 Å². The van der Waals surface area contributed by atoms with E-state index in [4.69, 9.17) is 4.98 Å².